The quantitative estimate of drug-likeness (QED) is 0.329. The Hall–Kier alpha value is -4.24. The highest BCUT2D eigenvalue weighted by molar-refractivity contribution is 5.97. The summed E-state index contributed by atoms with van der Waals surface area (Å²) in [5.41, 5.74) is 3.18. The number of aliphatic hydroxyl groups is 1. The van der Waals surface area contributed by atoms with Crippen molar-refractivity contribution in [3.05, 3.63) is 101 Å². The van der Waals surface area contributed by atoms with E-state index in [-0.39, 0.29) is 37.2 Å². The van der Waals surface area contributed by atoms with E-state index in [2.05, 4.69) is 10.6 Å². The number of rotatable bonds is 9. The molecule has 0 saturated carbocycles. The molecular formula is C31H34FN3O5. The summed E-state index contributed by atoms with van der Waals surface area (Å²) in [6.45, 7) is 3.39. The normalized spacial score (nSPS) is 18.1. The van der Waals surface area contributed by atoms with Crippen molar-refractivity contribution in [3.63, 3.8) is 0 Å². The number of amides is 3. The molecule has 0 aromatic heterocycles. The van der Waals surface area contributed by atoms with Gasteiger partial charge in [0.05, 0.1) is 12.6 Å². The molecule has 3 amide bonds. The topological polar surface area (TPSA) is 119 Å². The maximum absolute atomic E-state index is 14.5. The van der Waals surface area contributed by atoms with E-state index in [1.54, 1.807) is 31.2 Å². The molecule has 210 valence electrons. The summed E-state index contributed by atoms with van der Waals surface area (Å²) in [5.74, 6) is -2.00. The van der Waals surface area contributed by atoms with Gasteiger partial charge in [0.15, 0.2) is 6.10 Å². The summed E-state index contributed by atoms with van der Waals surface area (Å²) in [7, 11) is 0. The van der Waals surface area contributed by atoms with Gasteiger partial charge < -0.3 is 25.7 Å². The lowest BCUT2D eigenvalue weighted by atomic mass is 9.98. The highest BCUT2D eigenvalue weighted by Gasteiger charge is 2.43. The van der Waals surface area contributed by atoms with E-state index >= 15 is 0 Å². The number of phenolic OH excluding ortho intramolecular Hbond substituents is 1. The van der Waals surface area contributed by atoms with Crippen LogP contribution in [0.5, 0.6) is 5.75 Å². The maximum atomic E-state index is 14.5. The number of likely N-dealkylation sites (tertiary alicyclic amines) is 1. The van der Waals surface area contributed by atoms with Crippen LogP contribution in [0.4, 0.5) is 4.39 Å². The Labute approximate surface area is 232 Å². The van der Waals surface area contributed by atoms with Crippen molar-refractivity contribution < 1.29 is 29.0 Å². The largest absolute Gasteiger partial charge is 0.508 e. The van der Waals surface area contributed by atoms with Crippen molar-refractivity contribution in [3.8, 4) is 5.75 Å². The smallest absolute Gasteiger partial charge is 0.254 e. The summed E-state index contributed by atoms with van der Waals surface area (Å²) in [6.07, 6.45) is -3.26. The zero-order valence-electron chi connectivity index (χ0n) is 22.5. The molecule has 4 N–H and O–H groups in total. The first-order valence-electron chi connectivity index (χ1n) is 13.2. The van der Waals surface area contributed by atoms with Gasteiger partial charge in [-0.1, -0.05) is 60.7 Å². The fourth-order valence-corrected chi connectivity index (χ4v) is 4.95. The van der Waals surface area contributed by atoms with Gasteiger partial charge in [-0.15, -0.1) is 0 Å². The number of aromatic hydroxyl groups is 1. The van der Waals surface area contributed by atoms with E-state index < -0.39 is 42.1 Å². The van der Waals surface area contributed by atoms with Gasteiger partial charge in [0.2, 0.25) is 5.91 Å². The van der Waals surface area contributed by atoms with Crippen LogP contribution in [0.1, 0.15) is 39.0 Å². The molecule has 8 nitrogen and oxygen atoms in total. The van der Waals surface area contributed by atoms with Crippen molar-refractivity contribution in [1.29, 1.82) is 0 Å². The van der Waals surface area contributed by atoms with Crippen LogP contribution in [0.3, 0.4) is 0 Å². The molecule has 0 spiro atoms. The minimum absolute atomic E-state index is 0.0607. The Bertz CT molecular complexity index is 1370. The molecule has 9 heteroatoms. The summed E-state index contributed by atoms with van der Waals surface area (Å²) < 4.78 is 14.5. The lowest BCUT2D eigenvalue weighted by Gasteiger charge is -2.30. The van der Waals surface area contributed by atoms with Crippen molar-refractivity contribution in [2.24, 2.45) is 0 Å². The molecule has 4 rings (SSSR count). The first-order valence-corrected chi connectivity index (χ1v) is 13.2. The highest BCUT2D eigenvalue weighted by Crippen LogP contribution is 2.24. The number of halogens is 1. The third-order valence-corrected chi connectivity index (χ3v) is 7.35. The second kappa shape index (κ2) is 12.7. The molecule has 3 aromatic carbocycles. The van der Waals surface area contributed by atoms with Gasteiger partial charge in [-0.25, -0.2) is 4.39 Å². The van der Waals surface area contributed by atoms with E-state index in [0.717, 1.165) is 21.6 Å². The van der Waals surface area contributed by atoms with Crippen LogP contribution in [-0.2, 0) is 22.6 Å². The van der Waals surface area contributed by atoms with Crippen LogP contribution >= 0.6 is 0 Å². The molecule has 1 aliphatic heterocycles. The molecule has 40 heavy (non-hydrogen) atoms. The van der Waals surface area contributed by atoms with E-state index in [9.17, 15) is 29.0 Å². The predicted octanol–water partition coefficient (Wildman–Crippen LogP) is 2.97. The second-order valence-electron chi connectivity index (χ2n) is 10.1. The SMILES string of the molecule is Cc1ccccc1CNC(=O)C1CC(F)CN1C(=O)C(O)C(Cc1ccccc1)NC(=O)c1cccc(O)c1C. The Morgan fingerprint density at radius 3 is 2.42 bits per heavy atom. The Morgan fingerprint density at radius 2 is 1.70 bits per heavy atom. The van der Waals surface area contributed by atoms with Crippen molar-refractivity contribution in [1.82, 2.24) is 15.5 Å². The number of carbonyl (C=O) groups excluding carboxylic acids is 3. The van der Waals surface area contributed by atoms with E-state index in [0.29, 0.717) is 5.56 Å². The Morgan fingerprint density at radius 1 is 1.00 bits per heavy atom. The maximum Gasteiger partial charge on any atom is 0.254 e. The highest BCUT2D eigenvalue weighted by atomic mass is 19.1. The summed E-state index contributed by atoms with van der Waals surface area (Å²) >= 11 is 0. The molecule has 4 unspecified atom stereocenters. The Kier molecular flexibility index (Phi) is 9.16. The molecule has 1 aliphatic rings. The van der Waals surface area contributed by atoms with Crippen LogP contribution in [0, 0.1) is 13.8 Å². The summed E-state index contributed by atoms with van der Waals surface area (Å²) in [6, 6.07) is 18.9. The molecule has 0 bridgehead atoms. The monoisotopic (exact) mass is 547 g/mol. The molecule has 4 atom stereocenters. The van der Waals surface area contributed by atoms with Crippen LogP contribution in [-0.4, -0.2) is 63.7 Å². The zero-order chi connectivity index (χ0) is 28.8. The van der Waals surface area contributed by atoms with Gasteiger partial charge in [0, 0.05) is 24.1 Å². The van der Waals surface area contributed by atoms with Crippen LogP contribution in [0.15, 0.2) is 72.8 Å². The third-order valence-electron chi connectivity index (χ3n) is 7.35. The summed E-state index contributed by atoms with van der Waals surface area (Å²) in [5, 5.41) is 26.8. The van der Waals surface area contributed by atoms with Crippen molar-refractivity contribution >= 4 is 17.7 Å². The molecular weight excluding hydrogens is 513 g/mol. The third kappa shape index (κ3) is 6.66. The molecule has 1 saturated heterocycles. The number of hydrogen-bond acceptors (Lipinski definition) is 5. The van der Waals surface area contributed by atoms with Gasteiger partial charge in [-0.2, -0.15) is 0 Å². The molecule has 1 fully saturated rings. The molecule has 1 heterocycles. The average molecular weight is 548 g/mol. The minimum Gasteiger partial charge on any atom is -0.508 e. The Balaban J connectivity index is 1.52. The average Bonchev–Trinajstić information content (AvgIpc) is 3.35. The fourth-order valence-electron chi connectivity index (χ4n) is 4.95. The van der Waals surface area contributed by atoms with Crippen LogP contribution < -0.4 is 10.6 Å². The van der Waals surface area contributed by atoms with E-state index in [1.807, 2.05) is 37.3 Å². The number of phenols is 1. The van der Waals surface area contributed by atoms with Crippen molar-refractivity contribution in [2.45, 2.75) is 57.6 Å². The van der Waals surface area contributed by atoms with Gasteiger partial charge in [0.1, 0.15) is 18.0 Å². The molecule has 0 aliphatic carbocycles. The number of nitrogens with one attached hydrogen (secondary N) is 2. The first kappa shape index (κ1) is 28.8. The predicted molar refractivity (Wildman–Crippen MR) is 148 cm³/mol. The summed E-state index contributed by atoms with van der Waals surface area (Å²) in [4.78, 5) is 40.8. The van der Waals surface area contributed by atoms with Gasteiger partial charge in [-0.05, 0) is 49.1 Å². The van der Waals surface area contributed by atoms with Crippen LogP contribution in [0.25, 0.3) is 0 Å². The van der Waals surface area contributed by atoms with E-state index in [1.165, 1.54) is 18.2 Å². The number of benzene rings is 3. The number of aryl methyl sites for hydroxylation is 1. The van der Waals surface area contributed by atoms with Crippen LogP contribution in [0.2, 0.25) is 0 Å². The van der Waals surface area contributed by atoms with Gasteiger partial charge >= 0.3 is 0 Å². The number of aliphatic hydroxyl groups excluding tert-OH is 1. The molecule has 3 aromatic rings. The number of nitrogens with zero attached hydrogens (tertiary/aromatic N) is 1. The standard InChI is InChI=1S/C31H34FN3O5/c1-19-9-6-7-12-22(19)17-33-30(39)26-16-23(32)18-35(26)31(40)28(37)25(15-21-10-4-3-5-11-21)34-29(38)24-13-8-14-27(36)20(24)2/h3-14,23,25-26,28,36-37H,15-18H2,1-2H3,(H,33,39)(H,34,38). The zero-order valence-corrected chi connectivity index (χ0v) is 22.5. The lowest BCUT2D eigenvalue weighted by molar-refractivity contribution is -0.146. The lowest BCUT2D eigenvalue weighted by Crippen LogP contribution is -2.55. The van der Waals surface area contributed by atoms with Gasteiger partial charge in [0.25, 0.3) is 11.8 Å². The number of carbonyl (C=O) groups is 3. The van der Waals surface area contributed by atoms with Gasteiger partial charge in [-0.3, -0.25) is 14.4 Å². The minimum atomic E-state index is -1.75. The van der Waals surface area contributed by atoms with Crippen molar-refractivity contribution in [2.75, 3.05) is 6.54 Å². The number of alkyl halides is 1. The number of hydrogen-bond donors (Lipinski definition) is 4. The second-order valence-corrected chi connectivity index (χ2v) is 10.1. The molecule has 0 radical (unpaired) electrons. The fraction of sp³-hybridized carbons (Fsp3) is 0.323. The van der Waals surface area contributed by atoms with E-state index in [4.69, 9.17) is 0 Å². The first-order chi connectivity index (χ1) is 19.2.